The summed E-state index contributed by atoms with van der Waals surface area (Å²) in [7, 11) is 0. The minimum absolute atomic E-state index is 0.269. The van der Waals surface area contributed by atoms with Crippen molar-refractivity contribution in [2.24, 2.45) is 5.10 Å². The zero-order chi connectivity index (χ0) is 15.2. The minimum Gasteiger partial charge on any atom is -0.463 e. The van der Waals surface area contributed by atoms with Crippen molar-refractivity contribution < 1.29 is 14.0 Å². The normalized spacial score (nSPS) is 10.6. The number of hydrazone groups is 1. The molecule has 21 heavy (non-hydrogen) atoms. The van der Waals surface area contributed by atoms with Gasteiger partial charge in [0.2, 0.25) is 0 Å². The van der Waals surface area contributed by atoms with Crippen molar-refractivity contribution in [2.75, 3.05) is 5.32 Å². The van der Waals surface area contributed by atoms with Crippen LogP contribution in [0.2, 0.25) is 10.0 Å². The van der Waals surface area contributed by atoms with Gasteiger partial charge in [-0.2, -0.15) is 5.10 Å². The highest BCUT2D eigenvalue weighted by atomic mass is 35.5. The third-order valence-electron chi connectivity index (χ3n) is 2.28. The van der Waals surface area contributed by atoms with E-state index in [0.717, 1.165) is 0 Å². The molecule has 0 fully saturated rings. The van der Waals surface area contributed by atoms with Gasteiger partial charge in [0.1, 0.15) is 5.76 Å². The molecule has 1 aromatic carbocycles. The molecule has 0 saturated heterocycles. The summed E-state index contributed by atoms with van der Waals surface area (Å²) < 4.78 is 4.97. The first kappa shape index (κ1) is 15.1. The number of hydrogen-bond donors (Lipinski definition) is 2. The number of carbonyl (C=O) groups is 2. The third kappa shape index (κ3) is 4.34. The lowest BCUT2D eigenvalue weighted by atomic mass is 10.3. The summed E-state index contributed by atoms with van der Waals surface area (Å²) in [6.07, 6.45) is 2.73. The van der Waals surface area contributed by atoms with Gasteiger partial charge in [-0.1, -0.05) is 23.2 Å². The number of amides is 2. The Morgan fingerprint density at radius 2 is 1.95 bits per heavy atom. The number of hydrogen-bond acceptors (Lipinski definition) is 4. The second-order valence-electron chi connectivity index (χ2n) is 3.80. The van der Waals surface area contributed by atoms with Crippen molar-refractivity contribution in [3.63, 3.8) is 0 Å². The number of nitrogens with one attached hydrogen (secondary N) is 2. The van der Waals surface area contributed by atoms with Gasteiger partial charge in [0.25, 0.3) is 0 Å². The SMILES string of the molecule is O=C(NN=Cc1ccco1)C(=O)Nc1ccc(Cl)c(Cl)c1. The highest BCUT2D eigenvalue weighted by molar-refractivity contribution is 6.42. The molecule has 0 unspecified atom stereocenters. The summed E-state index contributed by atoms with van der Waals surface area (Å²) in [5, 5.41) is 6.56. The maximum absolute atomic E-state index is 11.6. The Labute approximate surface area is 129 Å². The molecular formula is C13H9Cl2N3O3. The zero-order valence-electron chi connectivity index (χ0n) is 10.5. The van der Waals surface area contributed by atoms with E-state index in [0.29, 0.717) is 16.5 Å². The lowest BCUT2D eigenvalue weighted by Crippen LogP contribution is -2.32. The summed E-state index contributed by atoms with van der Waals surface area (Å²) in [4.78, 5) is 23.1. The van der Waals surface area contributed by atoms with Gasteiger partial charge in [0.05, 0.1) is 22.5 Å². The smallest absolute Gasteiger partial charge is 0.329 e. The number of nitrogens with zero attached hydrogens (tertiary/aromatic N) is 1. The van der Waals surface area contributed by atoms with Crippen LogP contribution >= 0.6 is 23.2 Å². The highest BCUT2D eigenvalue weighted by Crippen LogP contribution is 2.24. The van der Waals surface area contributed by atoms with Gasteiger partial charge in [0.15, 0.2) is 0 Å². The Balaban J connectivity index is 1.90. The van der Waals surface area contributed by atoms with Crippen molar-refractivity contribution >= 4 is 46.9 Å². The molecule has 2 rings (SSSR count). The van der Waals surface area contributed by atoms with Gasteiger partial charge >= 0.3 is 11.8 Å². The lowest BCUT2D eigenvalue weighted by Gasteiger charge is -2.04. The molecule has 1 aromatic heterocycles. The summed E-state index contributed by atoms with van der Waals surface area (Å²) in [6.45, 7) is 0. The molecular weight excluding hydrogens is 317 g/mol. The van der Waals surface area contributed by atoms with E-state index < -0.39 is 11.8 Å². The Hall–Kier alpha value is -2.31. The van der Waals surface area contributed by atoms with Gasteiger partial charge in [-0.15, -0.1) is 0 Å². The molecule has 2 aromatic rings. The van der Waals surface area contributed by atoms with Gasteiger partial charge in [0, 0.05) is 5.69 Å². The Morgan fingerprint density at radius 1 is 1.14 bits per heavy atom. The number of benzene rings is 1. The number of carbonyl (C=O) groups excluding carboxylic acids is 2. The fourth-order valence-electron chi connectivity index (χ4n) is 1.33. The molecule has 0 saturated carbocycles. The molecule has 8 heteroatoms. The van der Waals surface area contributed by atoms with Crippen LogP contribution in [0.1, 0.15) is 5.76 Å². The maximum atomic E-state index is 11.6. The van der Waals surface area contributed by atoms with Crippen molar-refractivity contribution in [1.82, 2.24) is 5.43 Å². The third-order valence-corrected chi connectivity index (χ3v) is 3.02. The number of halogens is 2. The first-order chi connectivity index (χ1) is 10.1. The van der Waals surface area contributed by atoms with E-state index in [4.69, 9.17) is 27.6 Å². The van der Waals surface area contributed by atoms with Crippen LogP contribution in [0.15, 0.2) is 46.1 Å². The quantitative estimate of drug-likeness (QED) is 0.517. The second-order valence-corrected chi connectivity index (χ2v) is 4.61. The van der Waals surface area contributed by atoms with Gasteiger partial charge in [-0.25, -0.2) is 5.43 Å². The first-order valence-electron chi connectivity index (χ1n) is 5.69. The van der Waals surface area contributed by atoms with E-state index in [9.17, 15) is 9.59 Å². The molecule has 0 atom stereocenters. The van der Waals surface area contributed by atoms with Crippen LogP contribution in [0.5, 0.6) is 0 Å². The average molecular weight is 326 g/mol. The fraction of sp³-hybridized carbons (Fsp3) is 0. The predicted octanol–water partition coefficient (Wildman–Crippen LogP) is 2.68. The van der Waals surface area contributed by atoms with Crippen LogP contribution in [0.4, 0.5) is 5.69 Å². The van der Waals surface area contributed by atoms with Crippen molar-refractivity contribution in [3.8, 4) is 0 Å². The number of furan rings is 1. The molecule has 0 aliphatic heterocycles. The van der Waals surface area contributed by atoms with Crippen LogP contribution in [-0.2, 0) is 9.59 Å². The molecule has 0 aliphatic carbocycles. The van der Waals surface area contributed by atoms with E-state index in [2.05, 4.69) is 15.8 Å². The summed E-state index contributed by atoms with van der Waals surface area (Å²) in [5.41, 5.74) is 2.41. The van der Waals surface area contributed by atoms with Crippen LogP contribution in [0.3, 0.4) is 0 Å². The average Bonchev–Trinajstić information content (AvgIpc) is 2.96. The predicted molar refractivity (Wildman–Crippen MR) is 79.5 cm³/mol. The number of anilines is 1. The minimum atomic E-state index is -0.927. The largest absolute Gasteiger partial charge is 0.463 e. The van der Waals surface area contributed by atoms with Crippen molar-refractivity contribution in [1.29, 1.82) is 0 Å². The fourth-order valence-corrected chi connectivity index (χ4v) is 1.63. The van der Waals surface area contributed by atoms with Crippen molar-refractivity contribution in [2.45, 2.75) is 0 Å². The molecule has 2 N–H and O–H groups in total. The van der Waals surface area contributed by atoms with Crippen LogP contribution < -0.4 is 10.7 Å². The van der Waals surface area contributed by atoms with Crippen molar-refractivity contribution in [3.05, 3.63) is 52.4 Å². The van der Waals surface area contributed by atoms with E-state index >= 15 is 0 Å². The molecule has 0 aliphatic rings. The lowest BCUT2D eigenvalue weighted by molar-refractivity contribution is -0.136. The molecule has 1 heterocycles. The topological polar surface area (TPSA) is 83.7 Å². The Morgan fingerprint density at radius 3 is 2.62 bits per heavy atom. The molecule has 108 valence electrons. The Kier molecular flexibility index (Phi) is 4.97. The standard InChI is InChI=1S/C13H9Cl2N3O3/c14-10-4-3-8(6-11(10)15)17-12(19)13(20)18-16-7-9-2-1-5-21-9/h1-7H,(H,17,19)(H,18,20). The molecule has 0 spiro atoms. The molecule has 0 bridgehead atoms. The van der Waals surface area contributed by atoms with Gasteiger partial charge in [-0.05, 0) is 30.3 Å². The summed E-state index contributed by atoms with van der Waals surface area (Å²) in [5.74, 6) is -1.37. The van der Waals surface area contributed by atoms with Crippen LogP contribution in [0.25, 0.3) is 0 Å². The zero-order valence-corrected chi connectivity index (χ0v) is 12.0. The van der Waals surface area contributed by atoms with E-state index in [1.807, 2.05) is 0 Å². The molecule has 0 radical (unpaired) electrons. The van der Waals surface area contributed by atoms with Gasteiger partial charge in [-0.3, -0.25) is 9.59 Å². The van der Waals surface area contributed by atoms with Crippen LogP contribution in [0, 0.1) is 0 Å². The molecule has 2 amide bonds. The van der Waals surface area contributed by atoms with E-state index in [-0.39, 0.29) is 5.02 Å². The molecule has 6 nitrogen and oxygen atoms in total. The van der Waals surface area contributed by atoms with Gasteiger partial charge < -0.3 is 9.73 Å². The highest BCUT2D eigenvalue weighted by Gasteiger charge is 2.13. The Bertz CT molecular complexity index is 684. The number of rotatable bonds is 3. The van der Waals surface area contributed by atoms with Crippen LogP contribution in [-0.4, -0.2) is 18.0 Å². The monoisotopic (exact) mass is 325 g/mol. The second kappa shape index (κ2) is 6.92. The first-order valence-corrected chi connectivity index (χ1v) is 6.45. The maximum Gasteiger partial charge on any atom is 0.329 e. The summed E-state index contributed by atoms with van der Waals surface area (Å²) in [6, 6.07) is 7.77. The van der Waals surface area contributed by atoms with E-state index in [1.54, 1.807) is 12.1 Å². The van der Waals surface area contributed by atoms with E-state index in [1.165, 1.54) is 30.7 Å². The summed E-state index contributed by atoms with van der Waals surface area (Å²) >= 11 is 11.5.